The van der Waals surface area contributed by atoms with Gasteiger partial charge in [0.05, 0.1) is 5.69 Å². The number of thioether (sulfide) groups is 1. The van der Waals surface area contributed by atoms with Crippen molar-refractivity contribution >= 4 is 33.7 Å². The van der Waals surface area contributed by atoms with Crippen molar-refractivity contribution in [3.05, 3.63) is 34.4 Å². The monoisotopic (exact) mass is 312 g/mol. The quantitative estimate of drug-likeness (QED) is 0.854. The zero-order valence-electron chi connectivity index (χ0n) is 8.90. The van der Waals surface area contributed by atoms with Gasteiger partial charge in [-0.2, -0.15) is 5.10 Å². The third kappa shape index (κ3) is 2.37. The molecule has 0 aliphatic heterocycles. The van der Waals surface area contributed by atoms with Crippen molar-refractivity contribution in [2.24, 2.45) is 0 Å². The van der Waals surface area contributed by atoms with Gasteiger partial charge in [0.1, 0.15) is 5.69 Å². The second kappa shape index (κ2) is 4.93. The Bertz CT molecular complexity index is 568. The van der Waals surface area contributed by atoms with Crippen LogP contribution in [0, 0.1) is 0 Å². The van der Waals surface area contributed by atoms with Crippen LogP contribution in [-0.4, -0.2) is 27.5 Å². The van der Waals surface area contributed by atoms with E-state index in [0.29, 0.717) is 5.69 Å². The fraction of sp³-hybridized carbons (Fsp3) is 0.0909. The van der Waals surface area contributed by atoms with Crippen LogP contribution >= 0.6 is 27.7 Å². The number of H-pyrrole nitrogens is 1. The molecule has 1 aromatic heterocycles. The number of aromatic carboxylic acids is 1. The molecule has 0 amide bonds. The SMILES string of the molecule is CSc1cccc(Br)c1-c1cc(C(=O)O)[nH]n1. The van der Waals surface area contributed by atoms with Crippen LogP contribution in [0.3, 0.4) is 0 Å². The first-order chi connectivity index (χ1) is 8.13. The molecular formula is C11H9BrN2O2S. The highest BCUT2D eigenvalue weighted by atomic mass is 79.9. The van der Waals surface area contributed by atoms with E-state index in [1.807, 2.05) is 24.5 Å². The summed E-state index contributed by atoms with van der Waals surface area (Å²) < 4.78 is 0.896. The maximum Gasteiger partial charge on any atom is 0.353 e. The highest BCUT2D eigenvalue weighted by molar-refractivity contribution is 9.10. The molecule has 2 aromatic rings. The van der Waals surface area contributed by atoms with Gasteiger partial charge in [0.2, 0.25) is 0 Å². The molecular weight excluding hydrogens is 304 g/mol. The number of carbonyl (C=O) groups is 1. The van der Waals surface area contributed by atoms with Gasteiger partial charge in [0.25, 0.3) is 0 Å². The van der Waals surface area contributed by atoms with Crippen molar-refractivity contribution in [2.45, 2.75) is 4.90 Å². The topological polar surface area (TPSA) is 66.0 Å². The van der Waals surface area contributed by atoms with E-state index in [1.165, 1.54) is 6.07 Å². The molecule has 0 radical (unpaired) electrons. The van der Waals surface area contributed by atoms with Crippen LogP contribution in [0.2, 0.25) is 0 Å². The third-order valence-corrected chi connectivity index (χ3v) is 3.70. The first kappa shape index (κ1) is 12.2. The zero-order valence-corrected chi connectivity index (χ0v) is 11.3. The smallest absolute Gasteiger partial charge is 0.353 e. The van der Waals surface area contributed by atoms with E-state index in [4.69, 9.17) is 5.11 Å². The largest absolute Gasteiger partial charge is 0.477 e. The summed E-state index contributed by atoms with van der Waals surface area (Å²) in [5.74, 6) is -1.01. The molecule has 1 heterocycles. The summed E-state index contributed by atoms with van der Waals surface area (Å²) in [7, 11) is 0. The van der Waals surface area contributed by atoms with E-state index < -0.39 is 5.97 Å². The molecule has 6 heteroatoms. The number of aromatic nitrogens is 2. The van der Waals surface area contributed by atoms with Crippen molar-refractivity contribution in [3.8, 4) is 11.3 Å². The molecule has 0 saturated heterocycles. The molecule has 0 atom stereocenters. The molecule has 2 rings (SSSR count). The van der Waals surface area contributed by atoms with E-state index in [1.54, 1.807) is 11.8 Å². The van der Waals surface area contributed by atoms with Gasteiger partial charge in [0.15, 0.2) is 0 Å². The lowest BCUT2D eigenvalue weighted by molar-refractivity contribution is 0.0690. The number of aromatic amines is 1. The van der Waals surface area contributed by atoms with Crippen molar-refractivity contribution in [1.82, 2.24) is 10.2 Å². The lowest BCUT2D eigenvalue weighted by Gasteiger charge is -2.06. The Kier molecular flexibility index (Phi) is 3.54. The van der Waals surface area contributed by atoms with Crippen LogP contribution in [-0.2, 0) is 0 Å². The fourth-order valence-corrected chi connectivity index (χ4v) is 2.82. The van der Waals surface area contributed by atoms with Crippen molar-refractivity contribution in [3.63, 3.8) is 0 Å². The summed E-state index contributed by atoms with van der Waals surface area (Å²) in [6.45, 7) is 0. The van der Waals surface area contributed by atoms with Gasteiger partial charge >= 0.3 is 5.97 Å². The Morgan fingerprint density at radius 2 is 2.29 bits per heavy atom. The van der Waals surface area contributed by atoms with Gasteiger partial charge in [-0.3, -0.25) is 5.10 Å². The Labute approximate surface area is 111 Å². The number of hydrogen-bond donors (Lipinski definition) is 2. The zero-order chi connectivity index (χ0) is 12.4. The maximum atomic E-state index is 10.8. The number of benzene rings is 1. The van der Waals surface area contributed by atoms with Crippen LogP contribution < -0.4 is 0 Å². The number of nitrogens with one attached hydrogen (secondary N) is 1. The highest BCUT2D eigenvalue weighted by Crippen LogP contribution is 2.35. The summed E-state index contributed by atoms with van der Waals surface area (Å²) in [5.41, 5.74) is 1.62. The van der Waals surface area contributed by atoms with E-state index in [2.05, 4.69) is 26.1 Å². The van der Waals surface area contributed by atoms with Crippen LogP contribution in [0.4, 0.5) is 0 Å². The lowest BCUT2D eigenvalue weighted by Crippen LogP contribution is -1.95. The Morgan fingerprint density at radius 1 is 1.53 bits per heavy atom. The average molecular weight is 313 g/mol. The average Bonchev–Trinajstić information content (AvgIpc) is 2.77. The van der Waals surface area contributed by atoms with Gasteiger partial charge in [-0.05, 0) is 24.5 Å². The molecule has 88 valence electrons. The number of hydrogen-bond acceptors (Lipinski definition) is 3. The standard InChI is InChI=1S/C11H9BrN2O2S/c1-17-9-4-2-3-6(12)10(9)7-5-8(11(15)16)14-13-7/h2-5H,1H3,(H,13,14)(H,15,16). The molecule has 0 aliphatic carbocycles. The first-order valence-electron chi connectivity index (χ1n) is 4.75. The maximum absolute atomic E-state index is 10.8. The van der Waals surface area contributed by atoms with Crippen molar-refractivity contribution in [2.75, 3.05) is 6.26 Å². The van der Waals surface area contributed by atoms with E-state index in [-0.39, 0.29) is 5.69 Å². The number of carboxylic acid groups (broad SMARTS) is 1. The molecule has 1 aromatic carbocycles. The summed E-state index contributed by atoms with van der Waals surface area (Å²) in [6.07, 6.45) is 1.97. The minimum atomic E-state index is -1.01. The summed E-state index contributed by atoms with van der Waals surface area (Å²) in [4.78, 5) is 11.8. The van der Waals surface area contributed by atoms with Gasteiger partial charge in [-0.15, -0.1) is 11.8 Å². The number of nitrogens with zero attached hydrogens (tertiary/aromatic N) is 1. The second-order valence-electron chi connectivity index (χ2n) is 3.29. The number of halogens is 1. The molecule has 0 bridgehead atoms. The minimum Gasteiger partial charge on any atom is -0.477 e. The molecule has 0 spiro atoms. The molecule has 0 saturated carbocycles. The van der Waals surface area contributed by atoms with Gasteiger partial charge in [0, 0.05) is 14.9 Å². The van der Waals surface area contributed by atoms with Crippen molar-refractivity contribution < 1.29 is 9.90 Å². The Morgan fingerprint density at radius 3 is 2.88 bits per heavy atom. The molecule has 0 unspecified atom stereocenters. The minimum absolute atomic E-state index is 0.0859. The van der Waals surface area contributed by atoms with E-state index in [0.717, 1.165) is 14.9 Å². The van der Waals surface area contributed by atoms with E-state index >= 15 is 0 Å². The van der Waals surface area contributed by atoms with Crippen LogP contribution in [0.25, 0.3) is 11.3 Å². The molecule has 17 heavy (non-hydrogen) atoms. The van der Waals surface area contributed by atoms with Crippen LogP contribution in [0.15, 0.2) is 33.6 Å². The summed E-state index contributed by atoms with van der Waals surface area (Å²) >= 11 is 5.05. The van der Waals surface area contributed by atoms with Gasteiger partial charge < -0.3 is 5.11 Å². The van der Waals surface area contributed by atoms with Crippen molar-refractivity contribution in [1.29, 1.82) is 0 Å². The number of carboxylic acids is 1. The molecule has 4 nitrogen and oxygen atoms in total. The first-order valence-corrected chi connectivity index (χ1v) is 6.77. The molecule has 0 aliphatic rings. The Hall–Kier alpha value is -1.27. The van der Waals surface area contributed by atoms with E-state index in [9.17, 15) is 4.79 Å². The van der Waals surface area contributed by atoms with Gasteiger partial charge in [-0.1, -0.05) is 22.0 Å². The number of rotatable bonds is 3. The fourth-order valence-electron chi connectivity index (χ4n) is 1.48. The second-order valence-corrected chi connectivity index (χ2v) is 4.99. The predicted molar refractivity (Wildman–Crippen MR) is 70.5 cm³/mol. The molecule has 0 fully saturated rings. The lowest BCUT2D eigenvalue weighted by atomic mass is 10.1. The van der Waals surface area contributed by atoms with Gasteiger partial charge in [-0.25, -0.2) is 4.79 Å². The summed E-state index contributed by atoms with van der Waals surface area (Å²) in [6, 6.07) is 7.34. The van der Waals surface area contributed by atoms with Crippen LogP contribution in [0.1, 0.15) is 10.5 Å². The van der Waals surface area contributed by atoms with Crippen LogP contribution in [0.5, 0.6) is 0 Å². The Balaban J connectivity index is 2.55. The predicted octanol–water partition coefficient (Wildman–Crippen LogP) is 3.26. The highest BCUT2D eigenvalue weighted by Gasteiger charge is 2.14. The third-order valence-electron chi connectivity index (χ3n) is 2.26. The normalized spacial score (nSPS) is 10.5. The summed E-state index contributed by atoms with van der Waals surface area (Å²) in [5, 5.41) is 15.4. The molecule has 2 N–H and O–H groups in total.